The third-order valence-corrected chi connectivity index (χ3v) is 7.30. The minimum Gasteiger partial charge on any atom is -0.494 e. The predicted octanol–water partition coefficient (Wildman–Crippen LogP) is 6.45. The second-order valence-electron chi connectivity index (χ2n) is 8.56. The van der Waals surface area contributed by atoms with Crippen LogP contribution in [0.25, 0.3) is 0 Å². The van der Waals surface area contributed by atoms with Crippen LogP contribution in [0.1, 0.15) is 25.3 Å². The summed E-state index contributed by atoms with van der Waals surface area (Å²) in [5, 5.41) is 20.2. The lowest BCUT2D eigenvalue weighted by atomic mass is 9.81. The van der Waals surface area contributed by atoms with Gasteiger partial charge in [-0.25, -0.2) is 0 Å². The van der Waals surface area contributed by atoms with Crippen LogP contribution in [-0.2, 0) is 9.59 Å². The Morgan fingerprint density at radius 2 is 1.72 bits per heavy atom. The maximum absolute atomic E-state index is 13.6. The summed E-state index contributed by atoms with van der Waals surface area (Å²) in [6.45, 7) is 4.09. The van der Waals surface area contributed by atoms with Gasteiger partial charge >= 0.3 is 0 Å². The molecular formula is C30H27ClN4O3S. The van der Waals surface area contributed by atoms with E-state index in [2.05, 4.69) is 22.0 Å². The molecule has 39 heavy (non-hydrogen) atoms. The van der Waals surface area contributed by atoms with Gasteiger partial charge in [-0.2, -0.15) is 5.26 Å². The summed E-state index contributed by atoms with van der Waals surface area (Å²) in [7, 11) is 0. The van der Waals surface area contributed by atoms with Crippen molar-refractivity contribution in [2.45, 2.75) is 19.8 Å². The number of anilines is 2. The molecule has 2 amide bonds. The summed E-state index contributed by atoms with van der Waals surface area (Å²) >= 11 is 7.36. The summed E-state index contributed by atoms with van der Waals surface area (Å²) < 4.78 is 5.89. The monoisotopic (exact) mass is 558 g/mol. The Morgan fingerprint density at radius 1 is 1.03 bits per heavy atom. The van der Waals surface area contributed by atoms with Crippen LogP contribution < -0.4 is 20.7 Å². The van der Waals surface area contributed by atoms with Gasteiger partial charge in [0.15, 0.2) is 0 Å². The van der Waals surface area contributed by atoms with Crippen LogP contribution in [0.15, 0.2) is 101 Å². The average Bonchev–Trinajstić information content (AvgIpc) is 2.93. The van der Waals surface area contributed by atoms with Crippen molar-refractivity contribution in [2.24, 2.45) is 0 Å². The van der Waals surface area contributed by atoms with E-state index in [9.17, 15) is 14.9 Å². The molecule has 4 rings (SSSR count). The maximum Gasteiger partial charge on any atom is 0.254 e. The number of thioether (sulfide) groups is 1. The van der Waals surface area contributed by atoms with Crippen molar-refractivity contribution >= 4 is 46.6 Å². The van der Waals surface area contributed by atoms with E-state index < -0.39 is 5.92 Å². The highest BCUT2D eigenvalue weighted by molar-refractivity contribution is 8.03. The van der Waals surface area contributed by atoms with Gasteiger partial charge in [-0.05, 0) is 44.2 Å². The van der Waals surface area contributed by atoms with Crippen LogP contribution >= 0.6 is 23.4 Å². The van der Waals surface area contributed by atoms with Crippen LogP contribution in [0, 0.1) is 11.3 Å². The number of para-hydroxylation sites is 3. The molecule has 3 aromatic carbocycles. The van der Waals surface area contributed by atoms with E-state index in [1.165, 1.54) is 11.8 Å². The van der Waals surface area contributed by atoms with Crippen LogP contribution in [0.3, 0.4) is 0 Å². The second-order valence-corrected chi connectivity index (χ2v) is 9.95. The molecule has 7 nitrogen and oxygen atoms in total. The quantitative estimate of drug-likeness (QED) is 0.279. The molecule has 3 aromatic rings. The maximum atomic E-state index is 13.6. The van der Waals surface area contributed by atoms with Crippen LogP contribution in [-0.4, -0.2) is 24.2 Å². The first-order chi connectivity index (χ1) is 18.9. The van der Waals surface area contributed by atoms with Gasteiger partial charge in [0.25, 0.3) is 5.91 Å². The number of amides is 2. The van der Waals surface area contributed by atoms with Gasteiger partial charge in [-0.15, -0.1) is 0 Å². The third kappa shape index (κ3) is 6.63. The van der Waals surface area contributed by atoms with Gasteiger partial charge in [0.2, 0.25) is 5.91 Å². The Balaban J connectivity index is 1.68. The third-order valence-electron chi connectivity index (χ3n) is 5.95. The zero-order valence-corrected chi connectivity index (χ0v) is 23.0. The highest BCUT2D eigenvalue weighted by atomic mass is 35.5. The summed E-state index contributed by atoms with van der Waals surface area (Å²) in [6.07, 6.45) is 0. The number of rotatable bonds is 9. The number of nitrogens with zero attached hydrogens (tertiary/aromatic N) is 1. The Labute approximate surface area is 236 Å². The molecule has 1 atom stereocenters. The van der Waals surface area contributed by atoms with E-state index in [1.54, 1.807) is 43.3 Å². The number of dihydropyridines is 1. The van der Waals surface area contributed by atoms with E-state index in [0.29, 0.717) is 56.2 Å². The van der Waals surface area contributed by atoms with Crippen molar-refractivity contribution in [3.05, 3.63) is 111 Å². The molecule has 0 unspecified atom stereocenters. The minimum absolute atomic E-state index is 0.0252. The lowest BCUT2D eigenvalue weighted by Crippen LogP contribution is -2.31. The van der Waals surface area contributed by atoms with Crippen LogP contribution in [0.5, 0.6) is 5.75 Å². The molecule has 0 radical (unpaired) electrons. The van der Waals surface area contributed by atoms with E-state index in [-0.39, 0.29) is 17.6 Å². The SMILES string of the molecule is CCOc1ccccc1[C@H]1C(C#N)=C(SCC(=O)Nc2ccccc2Cl)NC(C)=C1C(=O)Nc1ccccc1. The van der Waals surface area contributed by atoms with Crippen molar-refractivity contribution < 1.29 is 14.3 Å². The van der Waals surface area contributed by atoms with Gasteiger partial charge in [0.05, 0.1) is 45.7 Å². The molecule has 0 saturated carbocycles. The van der Waals surface area contributed by atoms with Crippen molar-refractivity contribution in [1.82, 2.24) is 5.32 Å². The first kappa shape index (κ1) is 27.8. The molecule has 0 bridgehead atoms. The fourth-order valence-corrected chi connectivity index (χ4v) is 5.33. The predicted molar refractivity (Wildman–Crippen MR) is 156 cm³/mol. The largest absolute Gasteiger partial charge is 0.494 e. The molecule has 0 spiro atoms. The lowest BCUT2D eigenvalue weighted by molar-refractivity contribution is -0.114. The first-order valence-electron chi connectivity index (χ1n) is 12.3. The molecule has 3 N–H and O–H groups in total. The van der Waals surface area contributed by atoms with E-state index in [0.717, 1.165) is 0 Å². The number of carbonyl (C=O) groups excluding carboxylic acids is 2. The first-order valence-corrected chi connectivity index (χ1v) is 13.7. The molecule has 0 saturated heterocycles. The summed E-state index contributed by atoms with van der Waals surface area (Å²) in [5.74, 6) is -0.719. The molecule has 198 valence electrons. The van der Waals surface area contributed by atoms with E-state index >= 15 is 0 Å². The number of nitriles is 1. The van der Waals surface area contributed by atoms with E-state index in [1.807, 2.05) is 49.4 Å². The highest BCUT2D eigenvalue weighted by Crippen LogP contribution is 2.44. The summed E-state index contributed by atoms with van der Waals surface area (Å²) in [4.78, 5) is 26.4. The smallest absolute Gasteiger partial charge is 0.254 e. The van der Waals surface area contributed by atoms with Crippen molar-refractivity contribution in [3.63, 3.8) is 0 Å². The Kier molecular flexibility index (Phi) is 9.31. The van der Waals surface area contributed by atoms with Crippen LogP contribution in [0.4, 0.5) is 11.4 Å². The number of hydrogen-bond donors (Lipinski definition) is 3. The summed E-state index contributed by atoms with van der Waals surface area (Å²) in [5.41, 5.74) is 3.13. The van der Waals surface area contributed by atoms with E-state index in [4.69, 9.17) is 16.3 Å². The zero-order chi connectivity index (χ0) is 27.8. The number of nitrogens with one attached hydrogen (secondary N) is 3. The molecule has 0 aromatic heterocycles. The second kappa shape index (κ2) is 13.1. The molecule has 1 aliphatic heterocycles. The lowest BCUT2D eigenvalue weighted by Gasteiger charge is -2.30. The number of allylic oxidation sites excluding steroid dienone is 2. The van der Waals surface area contributed by atoms with Crippen molar-refractivity contribution in [1.29, 1.82) is 5.26 Å². The van der Waals surface area contributed by atoms with Crippen LogP contribution in [0.2, 0.25) is 5.02 Å². The number of carbonyl (C=O) groups is 2. The van der Waals surface area contributed by atoms with Gasteiger partial charge in [-0.1, -0.05) is 71.9 Å². The van der Waals surface area contributed by atoms with Crippen molar-refractivity contribution in [2.75, 3.05) is 23.0 Å². The Hall–Kier alpha value is -4.19. The van der Waals surface area contributed by atoms with Gasteiger partial charge in [0.1, 0.15) is 5.75 Å². The number of benzene rings is 3. The fourth-order valence-electron chi connectivity index (χ4n) is 4.25. The van der Waals surface area contributed by atoms with Gasteiger partial charge in [-0.3, -0.25) is 9.59 Å². The molecule has 1 aliphatic rings. The molecule has 9 heteroatoms. The van der Waals surface area contributed by atoms with Gasteiger partial charge < -0.3 is 20.7 Å². The molecule has 1 heterocycles. The molecular weight excluding hydrogens is 532 g/mol. The number of hydrogen-bond acceptors (Lipinski definition) is 6. The zero-order valence-electron chi connectivity index (χ0n) is 21.5. The Bertz CT molecular complexity index is 1480. The molecule has 0 aliphatic carbocycles. The number of halogens is 1. The normalized spacial score (nSPS) is 14.8. The highest BCUT2D eigenvalue weighted by Gasteiger charge is 2.36. The topological polar surface area (TPSA) is 103 Å². The summed E-state index contributed by atoms with van der Waals surface area (Å²) in [6, 6.07) is 25.8. The standard InChI is InChI=1S/C30H27ClN4O3S/c1-3-38-25-16-10-7-13-21(25)28-22(17-32)30(39-18-26(36)35-24-15-9-8-14-23(24)31)33-19(2)27(28)29(37)34-20-11-5-4-6-12-20/h4-16,28,33H,3,18H2,1-2H3,(H,34,37)(H,35,36)/t28-/m0/s1. The van der Waals surface area contributed by atoms with Gasteiger partial charge in [0, 0.05) is 22.5 Å². The average molecular weight is 559 g/mol. The fraction of sp³-hybridized carbons (Fsp3) is 0.167. The minimum atomic E-state index is -0.711. The Morgan fingerprint density at radius 3 is 2.44 bits per heavy atom. The number of ether oxygens (including phenoxy) is 1. The molecule has 0 fully saturated rings. The van der Waals surface area contributed by atoms with Crippen molar-refractivity contribution in [3.8, 4) is 11.8 Å².